The molecule has 0 saturated heterocycles. The largest absolute Gasteiger partial charge is 0.416 e. The smallest absolute Gasteiger partial charge is 0.294 e. The number of rotatable bonds is 4. The van der Waals surface area contributed by atoms with Gasteiger partial charge in [-0.05, 0) is 25.0 Å². The molecule has 0 radical (unpaired) electrons. The number of carbonyl (C=O) groups is 1. The average molecular weight is 244 g/mol. The van der Waals surface area contributed by atoms with Gasteiger partial charge in [0.25, 0.3) is 0 Å². The molecule has 0 saturated carbocycles. The summed E-state index contributed by atoms with van der Waals surface area (Å²) in [5.74, 6) is -0.185. The number of hydrogen-bond donors (Lipinski definition) is 0. The fourth-order valence-electron chi connectivity index (χ4n) is 1.72. The Labute approximate surface area is 98.6 Å². The number of Topliss-reactive ketones (excluding diaryl/α,β-unsaturated/α-hetero) is 1. The lowest BCUT2D eigenvalue weighted by atomic mass is 9.92. The van der Waals surface area contributed by atoms with Crippen LogP contribution in [-0.2, 0) is 6.18 Å². The van der Waals surface area contributed by atoms with Crippen molar-refractivity contribution in [1.29, 1.82) is 0 Å². The van der Waals surface area contributed by atoms with Crippen LogP contribution in [0.4, 0.5) is 13.2 Å². The van der Waals surface area contributed by atoms with Crippen LogP contribution in [0.3, 0.4) is 0 Å². The van der Waals surface area contributed by atoms with Crippen molar-refractivity contribution in [3.63, 3.8) is 0 Å². The van der Waals surface area contributed by atoms with Crippen LogP contribution in [0, 0.1) is 5.92 Å². The van der Waals surface area contributed by atoms with Gasteiger partial charge in [-0.1, -0.05) is 26.0 Å². The number of ketones is 1. The van der Waals surface area contributed by atoms with Crippen molar-refractivity contribution in [2.24, 2.45) is 5.92 Å². The first-order valence-electron chi connectivity index (χ1n) is 5.61. The van der Waals surface area contributed by atoms with Crippen molar-refractivity contribution in [2.45, 2.75) is 32.9 Å². The van der Waals surface area contributed by atoms with Crippen LogP contribution >= 0.6 is 0 Å². The highest BCUT2D eigenvalue weighted by atomic mass is 19.4. The van der Waals surface area contributed by atoms with E-state index >= 15 is 0 Å². The fourth-order valence-corrected chi connectivity index (χ4v) is 1.72. The molecule has 0 spiro atoms. The molecule has 0 amide bonds. The Hall–Kier alpha value is -1.32. The number of hydrogen-bond acceptors (Lipinski definition) is 1. The van der Waals surface area contributed by atoms with Crippen molar-refractivity contribution in [3.8, 4) is 0 Å². The van der Waals surface area contributed by atoms with Gasteiger partial charge in [-0.2, -0.15) is 13.2 Å². The van der Waals surface area contributed by atoms with E-state index in [0.717, 1.165) is 12.1 Å². The third-order valence-corrected chi connectivity index (χ3v) is 2.85. The van der Waals surface area contributed by atoms with Gasteiger partial charge in [-0.15, -0.1) is 0 Å². The van der Waals surface area contributed by atoms with Crippen molar-refractivity contribution in [2.75, 3.05) is 0 Å². The predicted octanol–water partition coefficient (Wildman–Crippen LogP) is 4.32. The number of halogens is 3. The third-order valence-electron chi connectivity index (χ3n) is 2.85. The van der Waals surface area contributed by atoms with Crippen LogP contribution in [-0.4, -0.2) is 5.78 Å². The summed E-state index contributed by atoms with van der Waals surface area (Å²) in [6, 6.07) is 4.41. The summed E-state index contributed by atoms with van der Waals surface area (Å²) in [5.41, 5.74) is -0.370. The first-order chi connectivity index (χ1) is 7.90. The summed E-state index contributed by atoms with van der Waals surface area (Å²) in [4.78, 5) is 11.9. The lowest BCUT2D eigenvalue weighted by Gasteiger charge is -2.12. The van der Waals surface area contributed by atoms with E-state index in [2.05, 4.69) is 0 Å². The van der Waals surface area contributed by atoms with E-state index in [1.165, 1.54) is 12.1 Å². The minimum Gasteiger partial charge on any atom is -0.294 e. The molecule has 0 bridgehead atoms. The van der Waals surface area contributed by atoms with Crippen molar-refractivity contribution in [3.05, 3.63) is 35.4 Å². The zero-order valence-corrected chi connectivity index (χ0v) is 9.84. The van der Waals surface area contributed by atoms with E-state index in [1.54, 1.807) is 0 Å². The van der Waals surface area contributed by atoms with Crippen LogP contribution in [0.25, 0.3) is 0 Å². The zero-order valence-electron chi connectivity index (χ0n) is 9.84. The summed E-state index contributed by atoms with van der Waals surface area (Å²) >= 11 is 0. The van der Waals surface area contributed by atoms with Crippen LogP contribution in [0.1, 0.15) is 42.6 Å². The monoisotopic (exact) mass is 244 g/mol. The molecule has 0 aromatic heterocycles. The third kappa shape index (κ3) is 3.32. The highest BCUT2D eigenvalue weighted by Gasteiger charge is 2.30. The Morgan fingerprint density at radius 3 is 1.94 bits per heavy atom. The Kier molecular flexibility index (Phi) is 4.32. The van der Waals surface area contributed by atoms with Crippen LogP contribution in [0.15, 0.2) is 24.3 Å². The highest BCUT2D eigenvalue weighted by Crippen LogP contribution is 2.29. The minimum atomic E-state index is -4.35. The standard InChI is InChI=1S/C13H15F3O/c1-3-9(4-2)12(17)10-5-7-11(8-6-10)13(14,15)16/h5-9H,3-4H2,1-2H3. The molecule has 94 valence electrons. The van der Waals surface area contributed by atoms with Crippen molar-refractivity contribution in [1.82, 2.24) is 0 Å². The van der Waals surface area contributed by atoms with Gasteiger partial charge in [0.15, 0.2) is 5.78 Å². The first-order valence-corrected chi connectivity index (χ1v) is 5.61. The van der Waals surface area contributed by atoms with Crippen LogP contribution in [0.5, 0.6) is 0 Å². The molecule has 0 unspecified atom stereocenters. The summed E-state index contributed by atoms with van der Waals surface area (Å²) < 4.78 is 37.0. The van der Waals surface area contributed by atoms with E-state index < -0.39 is 11.7 Å². The van der Waals surface area contributed by atoms with Crippen molar-refractivity contribution >= 4 is 5.78 Å². The molecule has 1 rings (SSSR count). The normalized spacial score (nSPS) is 11.9. The maximum Gasteiger partial charge on any atom is 0.416 e. The van der Waals surface area contributed by atoms with Crippen LogP contribution in [0.2, 0.25) is 0 Å². The van der Waals surface area contributed by atoms with E-state index in [1.807, 2.05) is 13.8 Å². The molecule has 0 aliphatic heterocycles. The van der Waals surface area contributed by atoms with Gasteiger partial charge >= 0.3 is 6.18 Å². The van der Waals surface area contributed by atoms with E-state index in [0.29, 0.717) is 18.4 Å². The van der Waals surface area contributed by atoms with Crippen molar-refractivity contribution < 1.29 is 18.0 Å². The molecule has 1 nitrogen and oxygen atoms in total. The lowest BCUT2D eigenvalue weighted by molar-refractivity contribution is -0.137. The fraction of sp³-hybridized carbons (Fsp3) is 0.462. The molecule has 0 aliphatic carbocycles. The summed E-state index contributed by atoms with van der Waals surface area (Å²) in [6.45, 7) is 3.80. The minimum absolute atomic E-state index is 0.0799. The molecular formula is C13H15F3O. The number of benzene rings is 1. The molecule has 0 aliphatic rings. The molecule has 1 aromatic carbocycles. The van der Waals surface area contributed by atoms with Gasteiger partial charge < -0.3 is 0 Å². The first kappa shape index (κ1) is 13.7. The number of carbonyl (C=O) groups excluding carboxylic acids is 1. The van der Waals surface area contributed by atoms with Crippen LogP contribution < -0.4 is 0 Å². The zero-order chi connectivity index (χ0) is 13.1. The highest BCUT2D eigenvalue weighted by molar-refractivity contribution is 5.97. The second-order valence-corrected chi connectivity index (χ2v) is 3.95. The van der Waals surface area contributed by atoms with E-state index in [-0.39, 0.29) is 11.7 Å². The summed E-state index contributed by atoms with van der Waals surface area (Å²) in [5, 5.41) is 0. The summed E-state index contributed by atoms with van der Waals surface area (Å²) in [6.07, 6.45) is -2.94. The van der Waals surface area contributed by atoms with Gasteiger partial charge in [0, 0.05) is 11.5 Å². The maximum atomic E-state index is 12.3. The van der Waals surface area contributed by atoms with E-state index in [4.69, 9.17) is 0 Å². The van der Waals surface area contributed by atoms with Gasteiger partial charge in [0.05, 0.1) is 5.56 Å². The Balaban J connectivity index is 2.91. The van der Waals surface area contributed by atoms with Gasteiger partial charge in [-0.25, -0.2) is 0 Å². The topological polar surface area (TPSA) is 17.1 Å². The maximum absolute atomic E-state index is 12.3. The lowest BCUT2D eigenvalue weighted by Crippen LogP contribution is -2.13. The Morgan fingerprint density at radius 2 is 1.59 bits per heavy atom. The number of alkyl halides is 3. The Bertz CT molecular complexity index is 375. The molecule has 0 heterocycles. The SMILES string of the molecule is CCC(CC)C(=O)c1ccc(C(F)(F)F)cc1. The van der Waals surface area contributed by atoms with Gasteiger partial charge in [0.2, 0.25) is 0 Å². The molecular weight excluding hydrogens is 229 g/mol. The second-order valence-electron chi connectivity index (χ2n) is 3.95. The molecule has 1 aromatic rings. The molecule has 4 heteroatoms. The molecule has 0 N–H and O–H groups in total. The molecule has 17 heavy (non-hydrogen) atoms. The predicted molar refractivity (Wildman–Crippen MR) is 59.8 cm³/mol. The summed E-state index contributed by atoms with van der Waals surface area (Å²) in [7, 11) is 0. The van der Waals surface area contributed by atoms with Gasteiger partial charge in [-0.3, -0.25) is 4.79 Å². The Morgan fingerprint density at radius 1 is 1.12 bits per heavy atom. The van der Waals surface area contributed by atoms with Gasteiger partial charge in [0.1, 0.15) is 0 Å². The second kappa shape index (κ2) is 5.34. The quantitative estimate of drug-likeness (QED) is 0.721. The van der Waals surface area contributed by atoms with E-state index in [9.17, 15) is 18.0 Å². The molecule has 0 fully saturated rings. The molecule has 0 atom stereocenters. The average Bonchev–Trinajstić information content (AvgIpc) is 2.29.